The molecule has 1 aliphatic rings. The molecule has 0 radical (unpaired) electrons. The first-order valence-corrected chi connectivity index (χ1v) is 9.20. The van der Waals surface area contributed by atoms with Crippen molar-refractivity contribution in [2.24, 2.45) is 0 Å². The Kier molecular flexibility index (Phi) is 5.08. The fourth-order valence-electron chi connectivity index (χ4n) is 3.42. The largest absolute Gasteiger partial charge is 0.481 e. The summed E-state index contributed by atoms with van der Waals surface area (Å²) < 4.78 is 5.35. The molecule has 1 aromatic carbocycles. The highest BCUT2D eigenvalue weighted by molar-refractivity contribution is 7.08. The van der Waals surface area contributed by atoms with Gasteiger partial charge < -0.3 is 14.7 Å². The Labute approximate surface area is 150 Å². The van der Waals surface area contributed by atoms with Gasteiger partial charge in [-0.05, 0) is 72.3 Å². The zero-order valence-corrected chi connectivity index (χ0v) is 15.1. The van der Waals surface area contributed by atoms with Crippen LogP contribution in [0.1, 0.15) is 45.9 Å². The van der Waals surface area contributed by atoms with Crippen LogP contribution in [0.25, 0.3) is 0 Å². The van der Waals surface area contributed by atoms with Crippen molar-refractivity contribution in [3.05, 3.63) is 51.2 Å². The number of aryl methyl sites for hydroxylation is 2. The SMILES string of the molecule is Cc1cc(C(=O)N2CCCC2c2ccsc2)cc(C)c1OCC(=O)O. The molecular formula is C19H21NO4S. The van der Waals surface area contributed by atoms with Gasteiger partial charge in [0.25, 0.3) is 5.91 Å². The van der Waals surface area contributed by atoms with Gasteiger partial charge in [-0.25, -0.2) is 4.79 Å². The van der Waals surface area contributed by atoms with Crippen LogP contribution in [-0.4, -0.2) is 35.0 Å². The molecule has 1 fully saturated rings. The predicted molar refractivity (Wildman–Crippen MR) is 96.4 cm³/mol. The summed E-state index contributed by atoms with van der Waals surface area (Å²) in [6.45, 7) is 4.04. The van der Waals surface area contributed by atoms with Crippen LogP contribution < -0.4 is 4.74 Å². The van der Waals surface area contributed by atoms with Crippen LogP contribution in [0.2, 0.25) is 0 Å². The van der Waals surface area contributed by atoms with Crippen molar-refractivity contribution >= 4 is 23.2 Å². The molecule has 2 aromatic rings. The lowest BCUT2D eigenvalue weighted by Crippen LogP contribution is -2.30. The number of ether oxygens (including phenoxy) is 1. The molecule has 1 amide bonds. The zero-order valence-electron chi connectivity index (χ0n) is 14.3. The summed E-state index contributed by atoms with van der Waals surface area (Å²) in [5, 5.41) is 12.9. The van der Waals surface area contributed by atoms with Crippen LogP contribution in [0, 0.1) is 13.8 Å². The van der Waals surface area contributed by atoms with Crippen molar-refractivity contribution in [3.8, 4) is 5.75 Å². The number of carbonyl (C=O) groups is 2. The molecule has 3 rings (SSSR count). The monoisotopic (exact) mass is 359 g/mol. The van der Waals surface area contributed by atoms with E-state index in [1.165, 1.54) is 5.56 Å². The van der Waals surface area contributed by atoms with Gasteiger partial charge in [0.1, 0.15) is 5.75 Å². The van der Waals surface area contributed by atoms with Gasteiger partial charge in [0.15, 0.2) is 6.61 Å². The van der Waals surface area contributed by atoms with Gasteiger partial charge in [0, 0.05) is 12.1 Å². The molecule has 1 saturated heterocycles. The third kappa shape index (κ3) is 3.69. The molecule has 5 nitrogen and oxygen atoms in total. The average molecular weight is 359 g/mol. The zero-order chi connectivity index (χ0) is 18.0. The predicted octanol–water partition coefficient (Wildman–Crippen LogP) is 3.81. The first-order valence-electron chi connectivity index (χ1n) is 8.26. The maximum absolute atomic E-state index is 13.0. The van der Waals surface area contributed by atoms with E-state index >= 15 is 0 Å². The maximum atomic E-state index is 13.0. The Morgan fingerprint density at radius 1 is 1.32 bits per heavy atom. The third-order valence-electron chi connectivity index (χ3n) is 4.49. The van der Waals surface area contributed by atoms with E-state index in [2.05, 4.69) is 11.4 Å². The van der Waals surface area contributed by atoms with Crippen molar-refractivity contribution in [2.75, 3.05) is 13.2 Å². The van der Waals surface area contributed by atoms with Gasteiger partial charge >= 0.3 is 5.97 Å². The fourth-order valence-corrected chi connectivity index (χ4v) is 4.13. The van der Waals surface area contributed by atoms with Crippen molar-refractivity contribution in [3.63, 3.8) is 0 Å². The van der Waals surface area contributed by atoms with E-state index in [9.17, 15) is 9.59 Å². The van der Waals surface area contributed by atoms with Gasteiger partial charge in [0.2, 0.25) is 0 Å². The summed E-state index contributed by atoms with van der Waals surface area (Å²) in [5.41, 5.74) is 3.37. The van der Waals surface area contributed by atoms with E-state index in [0.717, 1.165) is 30.5 Å². The second kappa shape index (κ2) is 7.27. The number of amides is 1. The van der Waals surface area contributed by atoms with Gasteiger partial charge in [-0.1, -0.05) is 0 Å². The third-order valence-corrected chi connectivity index (χ3v) is 5.19. The minimum absolute atomic E-state index is 0.0182. The molecule has 1 unspecified atom stereocenters. The molecule has 2 heterocycles. The van der Waals surface area contributed by atoms with E-state index in [4.69, 9.17) is 9.84 Å². The molecule has 0 saturated carbocycles. The topological polar surface area (TPSA) is 66.8 Å². The minimum atomic E-state index is -1.02. The molecule has 1 atom stereocenters. The summed E-state index contributed by atoms with van der Waals surface area (Å²) in [5.74, 6) is -0.464. The normalized spacial score (nSPS) is 16.9. The van der Waals surface area contributed by atoms with Crippen LogP contribution in [-0.2, 0) is 4.79 Å². The Morgan fingerprint density at radius 2 is 2.04 bits per heavy atom. The molecule has 1 aliphatic heterocycles. The smallest absolute Gasteiger partial charge is 0.341 e. The van der Waals surface area contributed by atoms with Crippen LogP contribution in [0.3, 0.4) is 0 Å². The average Bonchev–Trinajstić information content (AvgIpc) is 3.23. The van der Waals surface area contributed by atoms with Crippen molar-refractivity contribution in [1.29, 1.82) is 0 Å². The van der Waals surface area contributed by atoms with Gasteiger partial charge in [-0.3, -0.25) is 4.79 Å². The standard InChI is InChI=1S/C19H21NO4S/c1-12-8-15(9-13(2)18(12)24-10-17(21)22)19(23)20-6-3-4-16(20)14-5-7-25-11-14/h5,7-9,11,16H,3-4,6,10H2,1-2H3,(H,21,22). The quantitative estimate of drug-likeness (QED) is 0.882. The second-order valence-corrected chi connectivity index (χ2v) is 7.11. The number of carbonyl (C=O) groups excluding carboxylic acids is 1. The summed E-state index contributed by atoms with van der Waals surface area (Å²) >= 11 is 1.65. The number of likely N-dealkylation sites (tertiary alicyclic amines) is 1. The number of nitrogens with zero attached hydrogens (tertiary/aromatic N) is 1. The summed E-state index contributed by atoms with van der Waals surface area (Å²) in [4.78, 5) is 25.7. The summed E-state index contributed by atoms with van der Waals surface area (Å²) in [7, 11) is 0. The van der Waals surface area contributed by atoms with Crippen molar-refractivity contribution < 1.29 is 19.4 Å². The molecular weight excluding hydrogens is 338 g/mol. The highest BCUT2D eigenvalue weighted by Crippen LogP contribution is 2.35. The van der Waals surface area contributed by atoms with E-state index in [0.29, 0.717) is 11.3 Å². The van der Waals surface area contributed by atoms with Crippen LogP contribution >= 0.6 is 11.3 Å². The molecule has 0 spiro atoms. The molecule has 0 bridgehead atoms. The Hall–Kier alpha value is -2.34. The number of hydrogen-bond donors (Lipinski definition) is 1. The molecule has 0 aliphatic carbocycles. The number of carboxylic acid groups (broad SMARTS) is 1. The molecule has 25 heavy (non-hydrogen) atoms. The number of hydrogen-bond acceptors (Lipinski definition) is 4. The van der Waals surface area contributed by atoms with E-state index < -0.39 is 5.97 Å². The molecule has 1 N–H and O–H groups in total. The van der Waals surface area contributed by atoms with Crippen LogP contribution in [0.15, 0.2) is 29.0 Å². The Bertz CT molecular complexity index is 762. The first-order chi connectivity index (χ1) is 12.0. The van der Waals surface area contributed by atoms with Gasteiger partial charge in [-0.15, -0.1) is 0 Å². The van der Waals surface area contributed by atoms with E-state index in [1.54, 1.807) is 23.5 Å². The number of rotatable bonds is 5. The lowest BCUT2D eigenvalue weighted by atomic mass is 10.0. The molecule has 1 aromatic heterocycles. The molecule has 6 heteroatoms. The lowest BCUT2D eigenvalue weighted by molar-refractivity contribution is -0.139. The number of carboxylic acids is 1. The van der Waals surface area contributed by atoms with Gasteiger partial charge in [-0.2, -0.15) is 11.3 Å². The molecule has 132 valence electrons. The van der Waals surface area contributed by atoms with Crippen LogP contribution in [0.5, 0.6) is 5.75 Å². The second-order valence-electron chi connectivity index (χ2n) is 6.33. The Balaban J connectivity index is 1.83. The van der Waals surface area contributed by atoms with Crippen molar-refractivity contribution in [2.45, 2.75) is 32.7 Å². The lowest BCUT2D eigenvalue weighted by Gasteiger charge is -2.25. The number of thiophene rings is 1. The van der Waals surface area contributed by atoms with Crippen LogP contribution in [0.4, 0.5) is 0 Å². The summed E-state index contributed by atoms with van der Waals surface area (Å²) in [6.07, 6.45) is 1.99. The van der Waals surface area contributed by atoms with Gasteiger partial charge in [0.05, 0.1) is 6.04 Å². The summed E-state index contributed by atoms with van der Waals surface area (Å²) in [6, 6.07) is 5.80. The van der Waals surface area contributed by atoms with E-state index in [-0.39, 0.29) is 18.6 Å². The maximum Gasteiger partial charge on any atom is 0.341 e. The number of aliphatic carboxylic acids is 1. The highest BCUT2D eigenvalue weighted by Gasteiger charge is 2.31. The van der Waals surface area contributed by atoms with E-state index in [1.807, 2.05) is 24.1 Å². The number of benzene rings is 1. The Morgan fingerprint density at radius 3 is 2.64 bits per heavy atom. The minimum Gasteiger partial charge on any atom is -0.481 e. The first kappa shape index (κ1) is 17.5. The van der Waals surface area contributed by atoms with Crippen molar-refractivity contribution in [1.82, 2.24) is 4.90 Å². The highest BCUT2D eigenvalue weighted by atomic mass is 32.1. The fraction of sp³-hybridized carbons (Fsp3) is 0.368.